The summed E-state index contributed by atoms with van der Waals surface area (Å²) in [7, 11) is 3.28. The number of ether oxygens (including phenoxy) is 2. The molecule has 0 aliphatic heterocycles. The molecule has 24 heavy (non-hydrogen) atoms. The first-order chi connectivity index (χ1) is 11.7. The fourth-order valence-corrected chi connectivity index (χ4v) is 3.02. The number of methoxy groups -OCH3 is 2. The van der Waals surface area contributed by atoms with Crippen molar-refractivity contribution in [2.75, 3.05) is 20.0 Å². The van der Waals surface area contributed by atoms with E-state index in [1.807, 2.05) is 48.5 Å². The van der Waals surface area contributed by atoms with E-state index in [1.165, 1.54) is 11.8 Å². The van der Waals surface area contributed by atoms with E-state index in [1.54, 1.807) is 14.2 Å². The first-order valence-corrected chi connectivity index (χ1v) is 8.85. The highest BCUT2D eigenvalue weighted by atomic mass is 32.2. The lowest BCUT2D eigenvalue weighted by Crippen LogP contribution is -2.29. The van der Waals surface area contributed by atoms with E-state index in [-0.39, 0.29) is 11.9 Å². The predicted octanol–water partition coefficient (Wildman–Crippen LogP) is 4.06. The molecule has 0 bridgehead atoms. The Morgan fingerprint density at radius 3 is 2.04 bits per heavy atom. The monoisotopic (exact) mass is 345 g/mol. The molecule has 0 saturated carbocycles. The van der Waals surface area contributed by atoms with Crippen LogP contribution < -0.4 is 14.8 Å². The summed E-state index contributed by atoms with van der Waals surface area (Å²) in [6.45, 7) is 2.06. The molecular weight excluding hydrogens is 322 g/mol. The quantitative estimate of drug-likeness (QED) is 0.733. The third-order valence-electron chi connectivity index (χ3n) is 3.69. The Morgan fingerprint density at radius 1 is 1.00 bits per heavy atom. The van der Waals surface area contributed by atoms with Gasteiger partial charge in [-0.3, -0.25) is 4.79 Å². The number of benzene rings is 2. The van der Waals surface area contributed by atoms with Crippen molar-refractivity contribution in [2.24, 2.45) is 0 Å². The highest BCUT2D eigenvalue weighted by Gasteiger charge is 2.13. The maximum Gasteiger partial charge on any atom is 0.230 e. The van der Waals surface area contributed by atoms with Crippen molar-refractivity contribution in [2.45, 2.75) is 24.3 Å². The van der Waals surface area contributed by atoms with Gasteiger partial charge in [0.2, 0.25) is 5.91 Å². The average Bonchev–Trinajstić information content (AvgIpc) is 2.65. The van der Waals surface area contributed by atoms with E-state index in [0.717, 1.165) is 28.4 Å². The summed E-state index contributed by atoms with van der Waals surface area (Å²) >= 11 is 1.51. The van der Waals surface area contributed by atoms with Crippen LogP contribution >= 0.6 is 11.8 Å². The average molecular weight is 345 g/mol. The molecule has 0 aliphatic carbocycles. The third-order valence-corrected chi connectivity index (χ3v) is 4.70. The van der Waals surface area contributed by atoms with Gasteiger partial charge in [-0.05, 0) is 48.4 Å². The summed E-state index contributed by atoms with van der Waals surface area (Å²) in [6, 6.07) is 15.5. The van der Waals surface area contributed by atoms with Gasteiger partial charge in [0.25, 0.3) is 0 Å². The Morgan fingerprint density at radius 2 is 1.54 bits per heavy atom. The maximum absolute atomic E-state index is 12.2. The largest absolute Gasteiger partial charge is 0.497 e. The summed E-state index contributed by atoms with van der Waals surface area (Å²) in [4.78, 5) is 13.3. The highest BCUT2D eigenvalue weighted by molar-refractivity contribution is 8.00. The number of nitrogens with one attached hydrogen (secondary N) is 1. The van der Waals surface area contributed by atoms with Crippen molar-refractivity contribution < 1.29 is 14.3 Å². The standard InChI is InChI=1S/C19H23NO3S/c1-4-18(14-5-7-15(22-2)8-6-14)20-19(21)13-24-17-11-9-16(23-3)10-12-17/h5-12,18H,4,13H2,1-3H3,(H,20,21)/t18-/m1/s1. The number of amides is 1. The maximum atomic E-state index is 12.2. The SMILES string of the molecule is CC[C@@H](NC(=O)CSc1ccc(OC)cc1)c1ccc(OC)cc1. The molecule has 1 amide bonds. The number of rotatable bonds is 8. The van der Waals surface area contributed by atoms with Crippen molar-refractivity contribution in [3.8, 4) is 11.5 Å². The van der Waals surface area contributed by atoms with E-state index < -0.39 is 0 Å². The first-order valence-electron chi connectivity index (χ1n) is 7.86. The molecule has 0 heterocycles. The lowest BCUT2D eigenvalue weighted by molar-refractivity contribution is -0.119. The second-order valence-electron chi connectivity index (χ2n) is 5.27. The van der Waals surface area contributed by atoms with Crippen molar-refractivity contribution in [3.05, 3.63) is 54.1 Å². The highest BCUT2D eigenvalue weighted by Crippen LogP contribution is 2.23. The zero-order chi connectivity index (χ0) is 17.4. The molecule has 128 valence electrons. The second kappa shape index (κ2) is 9.23. The molecule has 4 nitrogen and oxygen atoms in total. The van der Waals surface area contributed by atoms with Gasteiger partial charge in [-0.25, -0.2) is 0 Å². The fourth-order valence-electron chi connectivity index (χ4n) is 2.31. The van der Waals surface area contributed by atoms with E-state index in [4.69, 9.17) is 9.47 Å². The first kappa shape index (κ1) is 18.2. The Bertz CT molecular complexity index is 641. The minimum absolute atomic E-state index is 0.0138. The van der Waals surface area contributed by atoms with Gasteiger partial charge < -0.3 is 14.8 Å². The smallest absolute Gasteiger partial charge is 0.230 e. The van der Waals surface area contributed by atoms with Crippen molar-refractivity contribution in [1.29, 1.82) is 0 Å². The van der Waals surface area contributed by atoms with Gasteiger partial charge in [0.1, 0.15) is 11.5 Å². The van der Waals surface area contributed by atoms with Crippen LogP contribution in [0, 0.1) is 0 Å². The van der Waals surface area contributed by atoms with E-state index in [2.05, 4.69) is 12.2 Å². The molecule has 0 saturated heterocycles. The normalized spacial score (nSPS) is 11.6. The topological polar surface area (TPSA) is 47.6 Å². The molecule has 0 radical (unpaired) electrons. The molecule has 0 spiro atoms. The molecule has 0 unspecified atom stereocenters. The zero-order valence-electron chi connectivity index (χ0n) is 14.2. The van der Waals surface area contributed by atoms with Crippen LogP contribution in [-0.2, 0) is 4.79 Å². The summed E-state index contributed by atoms with van der Waals surface area (Å²) in [5.41, 5.74) is 1.08. The predicted molar refractivity (Wildman–Crippen MR) is 97.9 cm³/mol. The van der Waals surface area contributed by atoms with Crippen LogP contribution in [0.1, 0.15) is 24.9 Å². The van der Waals surface area contributed by atoms with E-state index >= 15 is 0 Å². The van der Waals surface area contributed by atoms with Gasteiger partial charge in [-0.2, -0.15) is 0 Å². The third kappa shape index (κ3) is 5.20. The number of carbonyl (C=O) groups is 1. The van der Waals surface area contributed by atoms with Crippen LogP contribution in [0.15, 0.2) is 53.4 Å². The minimum Gasteiger partial charge on any atom is -0.497 e. The molecule has 2 rings (SSSR count). The molecule has 1 N–H and O–H groups in total. The molecule has 0 aliphatic rings. The number of carbonyl (C=O) groups excluding carboxylic acids is 1. The van der Waals surface area contributed by atoms with Crippen LogP contribution in [0.25, 0.3) is 0 Å². The lowest BCUT2D eigenvalue weighted by atomic mass is 10.0. The number of hydrogen-bond donors (Lipinski definition) is 1. The molecule has 0 fully saturated rings. The molecule has 1 atom stereocenters. The molecule has 5 heteroatoms. The van der Waals surface area contributed by atoms with Gasteiger partial charge in [0, 0.05) is 4.90 Å². The summed E-state index contributed by atoms with van der Waals surface area (Å²) in [5.74, 6) is 2.04. The molecule has 2 aromatic carbocycles. The van der Waals surface area contributed by atoms with Gasteiger partial charge in [-0.15, -0.1) is 11.8 Å². The lowest BCUT2D eigenvalue weighted by Gasteiger charge is -2.17. The van der Waals surface area contributed by atoms with Crippen LogP contribution in [0.4, 0.5) is 0 Å². The Balaban J connectivity index is 1.88. The fraction of sp³-hybridized carbons (Fsp3) is 0.316. The van der Waals surface area contributed by atoms with E-state index in [9.17, 15) is 4.79 Å². The van der Waals surface area contributed by atoms with Crippen molar-refractivity contribution >= 4 is 17.7 Å². The molecular formula is C19H23NO3S. The Kier molecular flexibility index (Phi) is 7.00. The van der Waals surface area contributed by atoms with Gasteiger partial charge >= 0.3 is 0 Å². The second-order valence-corrected chi connectivity index (χ2v) is 6.31. The zero-order valence-corrected chi connectivity index (χ0v) is 15.1. The molecule has 0 aromatic heterocycles. The Labute approximate surface area is 147 Å². The van der Waals surface area contributed by atoms with Crippen LogP contribution in [-0.4, -0.2) is 25.9 Å². The van der Waals surface area contributed by atoms with Gasteiger partial charge in [0.05, 0.1) is 26.0 Å². The summed E-state index contributed by atoms with van der Waals surface area (Å²) in [6.07, 6.45) is 0.839. The minimum atomic E-state index is 0.0138. The van der Waals surface area contributed by atoms with Gasteiger partial charge in [-0.1, -0.05) is 19.1 Å². The molecule has 2 aromatic rings. The number of thioether (sulfide) groups is 1. The Hall–Kier alpha value is -2.14. The number of hydrogen-bond acceptors (Lipinski definition) is 4. The summed E-state index contributed by atoms with van der Waals surface area (Å²) < 4.78 is 10.3. The van der Waals surface area contributed by atoms with Gasteiger partial charge in [0.15, 0.2) is 0 Å². The van der Waals surface area contributed by atoms with E-state index in [0.29, 0.717) is 5.75 Å². The summed E-state index contributed by atoms with van der Waals surface area (Å²) in [5, 5.41) is 3.09. The van der Waals surface area contributed by atoms with Crippen LogP contribution in [0.5, 0.6) is 11.5 Å². The van der Waals surface area contributed by atoms with Crippen molar-refractivity contribution in [1.82, 2.24) is 5.32 Å². The van der Waals surface area contributed by atoms with Crippen LogP contribution in [0.3, 0.4) is 0 Å². The van der Waals surface area contributed by atoms with Crippen molar-refractivity contribution in [3.63, 3.8) is 0 Å². The van der Waals surface area contributed by atoms with Crippen LogP contribution in [0.2, 0.25) is 0 Å².